The van der Waals surface area contributed by atoms with Gasteiger partial charge >= 0.3 is 0 Å². The number of rotatable bonds is 6. The molecule has 0 atom stereocenters. The predicted molar refractivity (Wildman–Crippen MR) is 95.5 cm³/mol. The summed E-state index contributed by atoms with van der Waals surface area (Å²) in [6, 6.07) is 10.4. The van der Waals surface area contributed by atoms with E-state index in [0.717, 1.165) is 11.6 Å². The number of hydrogen-bond acceptors (Lipinski definition) is 6. The summed E-state index contributed by atoms with van der Waals surface area (Å²) in [5, 5.41) is 10.9. The first kappa shape index (κ1) is 17.7. The lowest BCUT2D eigenvalue weighted by Crippen LogP contribution is -2.15. The fraction of sp³-hybridized carbons (Fsp3) is 0.118. The summed E-state index contributed by atoms with van der Waals surface area (Å²) in [6.45, 7) is 2.04. The second kappa shape index (κ2) is 7.44. The molecule has 0 saturated carbocycles. The molecular weight excluding hydrogens is 357 g/mol. The van der Waals surface area contributed by atoms with Crippen molar-refractivity contribution in [2.75, 3.05) is 10.0 Å². The Bertz CT molecular complexity index is 995. The number of anilines is 2. The van der Waals surface area contributed by atoms with Crippen LogP contribution in [0.4, 0.5) is 16.0 Å². The van der Waals surface area contributed by atoms with Crippen LogP contribution in [-0.2, 0) is 16.6 Å². The zero-order chi connectivity index (χ0) is 18.6. The summed E-state index contributed by atoms with van der Waals surface area (Å²) in [6.07, 6.45) is 3.38. The normalized spacial score (nSPS) is 11.2. The molecule has 26 heavy (non-hydrogen) atoms. The van der Waals surface area contributed by atoms with Crippen molar-refractivity contribution in [1.29, 1.82) is 0 Å². The van der Waals surface area contributed by atoms with Crippen LogP contribution in [0.15, 0.2) is 59.8 Å². The van der Waals surface area contributed by atoms with Crippen molar-refractivity contribution >= 4 is 21.7 Å². The Morgan fingerprint density at radius 1 is 1.00 bits per heavy atom. The second-order valence-electron chi connectivity index (χ2n) is 5.53. The van der Waals surface area contributed by atoms with Crippen LogP contribution in [0, 0.1) is 12.7 Å². The topological polar surface area (TPSA) is 96.9 Å². The average molecular weight is 373 g/mol. The minimum absolute atomic E-state index is 0.0434. The molecule has 9 heteroatoms. The van der Waals surface area contributed by atoms with E-state index in [9.17, 15) is 12.8 Å². The van der Waals surface area contributed by atoms with E-state index in [-0.39, 0.29) is 16.3 Å². The van der Waals surface area contributed by atoms with Gasteiger partial charge in [-0.15, -0.1) is 10.2 Å². The van der Waals surface area contributed by atoms with Gasteiger partial charge in [-0.1, -0.05) is 0 Å². The fourth-order valence-electron chi connectivity index (χ4n) is 2.16. The van der Waals surface area contributed by atoms with Gasteiger partial charge in [0.05, 0.1) is 4.90 Å². The molecule has 7 nitrogen and oxygen atoms in total. The number of hydrogen-bond donors (Lipinski definition) is 2. The van der Waals surface area contributed by atoms with E-state index in [1.807, 2.05) is 12.1 Å². The standard InChI is InChI=1S/C17H16FN5O2S/c1-12-10-14(2-3-15(12)18)26(24,25)23-17-5-4-16(21-22-17)20-11-13-6-8-19-9-7-13/h2-10H,11H2,1H3,(H,20,21)(H,22,23). The molecule has 1 aromatic carbocycles. The first-order chi connectivity index (χ1) is 12.4. The zero-order valence-corrected chi connectivity index (χ0v) is 14.7. The SMILES string of the molecule is Cc1cc(S(=O)(=O)Nc2ccc(NCc3ccncc3)nn2)ccc1F. The number of aryl methyl sites for hydroxylation is 1. The van der Waals surface area contributed by atoms with Crippen molar-refractivity contribution in [2.24, 2.45) is 0 Å². The van der Waals surface area contributed by atoms with E-state index >= 15 is 0 Å². The van der Waals surface area contributed by atoms with Crippen LogP contribution in [-0.4, -0.2) is 23.6 Å². The molecule has 0 radical (unpaired) electrons. The Labute approximate surface area is 150 Å². The lowest BCUT2D eigenvalue weighted by atomic mass is 10.2. The summed E-state index contributed by atoms with van der Waals surface area (Å²) in [5.74, 6) is 0.109. The Morgan fingerprint density at radius 3 is 2.35 bits per heavy atom. The molecule has 0 fully saturated rings. The molecule has 134 valence electrons. The van der Waals surface area contributed by atoms with Gasteiger partial charge in [-0.05, 0) is 60.5 Å². The number of sulfonamides is 1. The molecule has 0 aliphatic carbocycles. The summed E-state index contributed by atoms with van der Waals surface area (Å²) in [7, 11) is -3.87. The molecule has 0 aliphatic rings. The van der Waals surface area contributed by atoms with E-state index in [4.69, 9.17) is 0 Å². The largest absolute Gasteiger partial charge is 0.365 e. The van der Waals surface area contributed by atoms with Gasteiger partial charge in [0.25, 0.3) is 10.0 Å². The maximum Gasteiger partial charge on any atom is 0.263 e. The number of benzene rings is 1. The van der Waals surface area contributed by atoms with E-state index in [0.29, 0.717) is 12.4 Å². The summed E-state index contributed by atoms with van der Waals surface area (Å²) >= 11 is 0. The van der Waals surface area contributed by atoms with Gasteiger partial charge in [0.1, 0.15) is 11.6 Å². The summed E-state index contributed by atoms with van der Waals surface area (Å²) in [4.78, 5) is 3.90. The smallest absolute Gasteiger partial charge is 0.263 e. The van der Waals surface area contributed by atoms with Gasteiger partial charge < -0.3 is 5.32 Å². The van der Waals surface area contributed by atoms with E-state index < -0.39 is 15.8 Å². The predicted octanol–water partition coefficient (Wildman–Crippen LogP) is 2.73. The van der Waals surface area contributed by atoms with Crippen molar-refractivity contribution in [3.63, 3.8) is 0 Å². The monoisotopic (exact) mass is 373 g/mol. The van der Waals surface area contributed by atoms with E-state index in [2.05, 4.69) is 25.2 Å². The first-order valence-corrected chi connectivity index (χ1v) is 9.18. The molecule has 0 aliphatic heterocycles. The number of nitrogens with one attached hydrogen (secondary N) is 2. The van der Waals surface area contributed by atoms with Crippen molar-refractivity contribution < 1.29 is 12.8 Å². The van der Waals surface area contributed by atoms with Crippen LogP contribution >= 0.6 is 0 Å². The van der Waals surface area contributed by atoms with Crippen molar-refractivity contribution in [2.45, 2.75) is 18.4 Å². The van der Waals surface area contributed by atoms with Crippen LogP contribution in [0.3, 0.4) is 0 Å². The molecule has 0 saturated heterocycles. The number of halogens is 1. The molecule has 2 N–H and O–H groups in total. The third-order valence-corrected chi connectivity index (χ3v) is 4.92. The molecule has 0 spiro atoms. The van der Waals surface area contributed by atoms with Crippen LogP contribution < -0.4 is 10.0 Å². The highest BCUT2D eigenvalue weighted by Crippen LogP contribution is 2.17. The average Bonchev–Trinajstić information content (AvgIpc) is 2.64. The number of pyridine rings is 1. The summed E-state index contributed by atoms with van der Waals surface area (Å²) < 4.78 is 40.3. The molecule has 0 bridgehead atoms. The van der Waals surface area contributed by atoms with Crippen LogP contribution in [0.5, 0.6) is 0 Å². The minimum atomic E-state index is -3.87. The molecule has 3 aromatic rings. The van der Waals surface area contributed by atoms with Gasteiger partial charge in [-0.3, -0.25) is 9.71 Å². The maximum atomic E-state index is 13.3. The third-order valence-electron chi connectivity index (χ3n) is 3.57. The van der Waals surface area contributed by atoms with Gasteiger partial charge in [0.2, 0.25) is 0 Å². The zero-order valence-electron chi connectivity index (χ0n) is 13.8. The number of aromatic nitrogens is 3. The lowest BCUT2D eigenvalue weighted by molar-refractivity contribution is 0.598. The minimum Gasteiger partial charge on any atom is -0.365 e. The van der Waals surface area contributed by atoms with Crippen LogP contribution in [0.1, 0.15) is 11.1 Å². The Balaban J connectivity index is 1.67. The lowest BCUT2D eigenvalue weighted by Gasteiger charge is -2.09. The quantitative estimate of drug-likeness (QED) is 0.690. The molecule has 2 aromatic heterocycles. The third kappa shape index (κ3) is 4.31. The molecule has 3 rings (SSSR count). The van der Waals surface area contributed by atoms with Crippen molar-refractivity contribution in [1.82, 2.24) is 15.2 Å². The highest BCUT2D eigenvalue weighted by Gasteiger charge is 2.16. The molecular formula is C17H16FN5O2S. The number of nitrogens with zero attached hydrogens (tertiary/aromatic N) is 3. The van der Waals surface area contributed by atoms with Gasteiger partial charge in [-0.2, -0.15) is 0 Å². The first-order valence-electron chi connectivity index (χ1n) is 7.69. The highest BCUT2D eigenvalue weighted by atomic mass is 32.2. The van der Waals surface area contributed by atoms with Crippen LogP contribution in [0.25, 0.3) is 0 Å². The van der Waals surface area contributed by atoms with Crippen molar-refractivity contribution in [3.05, 3.63) is 71.8 Å². The Kier molecular flexibility index (Phi) is 5.08. The van der Waals surface area contributed by atoms with Gasteiger partial charge in [0.15, 0.2) is 5.82 Å². The molecule has 0 unspecified atom stereocenters. The van der Waals surface area contributed by atoms with E-state index in [1.54, 1.807) is 18.5 Å². The Morgan fingerprint density at radius 2 is 1.69 bits per heavy atom. The second-order valence-corrected chi connectivity index (χ2v) is 7.21. The van der Waals surface area contributed by atoms with Gasteiger partial charge in [-0.25, -0.2) is 12.8 Å². The molecule has 2 heterocycles. The van der Waals surface area contributed by atoms with E-state index in [1.165, 1.54) is 25.1 Å². The fourth-order valence-corrected chi connectivity index (χ4v) is 3.24. The molecule has 0 amide bonds. The van der Waals surface area contributed by atoms with Gasteiger partial charge in [0, 0.05) is 18.9 Å². The summed E-state index contributed by atoms with van der Waals surface area (Å²) in [5.41, 5.74) is 1.27. The van der Waals surface area contributed by atoms with Crippen molar-refractivity contribution in [3.8, 4) is 0 Å². The highest BCUT2D eigenvalue weighted by molar-refractivity contribution is 7.92. The maximum absolute atomic E-state index is 13.3. The Hall–Kier alpha value is -3.07. The van der Waals surface area contributed by atoms with Crippen LogP contribution in [0.2, 0.25) is 0 Å².